The molecule has 84 valence electrons. The molecular formula is C9H10BrClO3S. The lowest BCUT2D eigenvalue weighted by molar-refractivity contribution is -0.153. The van der Waals surface area contributed by atoms with Crippen molar-refractivity contribution in [1.29, 1.82) is 0 Å². The second-order valence-corrected chi connectivity index (χ2v) is 5.43. The molecule has 1 aromatic heterocycles. The molecule has 0 saturated heterocycles. The highest BCUT2D eigenvalue weighted by Gasteiger charge is 2.26. The Morgan fingerprint density at radius 2 is 2.33 bits per heavy atom. The van der Waals surface area contributed by atoms with Crippen LogP contribution in [0, 0.1) is 6.92 Å². The number of hydrogen-bond donors (Lipinski definition) is 1. The molecule has 0 bridgehead atoms. The van der Waals surface area contributed by atoms with Gasteiger partial charge in [0.15, 0.2) is 6.10 Å². The zero-order valence-electron chi connectivity index (χ0n) is 8.21. The van der Waals surface area contributed by atoms with E-state index in [0.29, 0.717) is 14.4 Å². The van der Waals surface area contributed by atoms with E-state index in [9.17, 15) is 9.90 Å². The third kappa shape index (κ3) is 2.72. The number of hydrogen-bond acceptors (Lipinski definition) is 4. The lowest BCUT2D eigenvalue weighted by atomic mass is 10.1. The molecule has 0 amide bonds. The van der Waals surface area contributed by atoms with Gasteiger partial charge in [0, 0.05) is 10.4 Å². The second kappa shape index (κ2) is 5.30. The largest absolute Gasteiger partial charge is 0.464 e. The fourth-order valence-corrected chi connectivity index (χ4v) is 3.28. The lowest BCUT2D eigenvalue weighted by Gasteiger charge is -2.09. The number of aryl methyl sites for hydroxylation is 1. The average Bonchev–Trinajstić information content (AvgIpc) is 2.41. The van der Waals surface area contributed by atoms with Crippen molar-refractivity contribution in [2.24, 2.45) is 0 Å². The van der Waals surface area contributed by atoms with Gasteiger partial charge in [-0.25, -0.2) is 4.79 Å². The van der Waals surface area contributed by atoms with Crippen LogP contribution in [-0.4, -0.2) is 17.7 Å². The Balaban J connectivity index is 3.00. The summed E-state index contributed by atoms with van der Waals surface area (Å²) in [5.41, 5.74) is 0.489. The smallest absolute Gasteiger partial charge is 0.339 e. The Hall–Kier alpha value is -0.100. The van der Waals surface area contributed by atoms with Gasteiger partial charge in [-0.15, -0.1) is 11.3 Å². The van der Waals surface area contributed by atoms with Crippen LogP contribution in [0.2, 0.25) is 4.34 Å². The van der Waals surface area contributed by atoms with Gasteiger partial charge in [0.25, 0.3) is 0 Å². The number of aliphatic hydroxyl groups is 1. The molecule has 1 atom stereocenters. The number of thiophene rings is 1. The summed E-state index contributed by atoms with van der Waals surface area (Å²) in [4.78, 5) is 12.1. The van der Waals surface area contributed by atoms with Crippen LogP contribution >= 0.6 is 38.9 Å². The van der Waals surface area contributed by atoms with Crippen molar-refractivity contribution in [3.05, 3.63) is 19.2 Å². The number of esters is 1. The summed E-state index contributed by atoms with van der Waals surface area (Å²) in [7, 11) is 0. The SMILES string of the molecule is CCOC(=O)C(O)c1c(C)sc(Cl)c1Br. The standard InChI is InChI=1S/C9H10BrClO3S/c1-3-14-9(13)7(12)5-4(2)15-8(11)6(5)10/h7,12H,3H2,1-2H3. The van der Waals surface area contributed by atoms with Crippen molar-refractivity contribution in [2.75, 3.05) is 6.61 Å². The molecule has 0 aromatic carbocycles. The maximum absolute atomic E-state index is 11.3. The van der Waals surface area contributed by atoms with Gasteiger partial charge >= 0.3 is 5.97 Å². The first-order chi connectivity index (χ1) is 6.99. The summed E-state index contributed by atoms with van der Waals surface area (Å²) in [6.45, 7) is 3.72. The van der Waals surface area contributed by atoms with E-state index in [1.807, 2.05) is 0 Å². The van der Waals surface area contributed by atoms with Crippen LogP contribution in [0.25, 0.3) is 0 Å². The minimum Gasteiger partial charge on any atom is -0.464 e. The van der Waals surface area contributed by atoms with Gasteiger partial charge in [0.05, 0.1) is 11.1 Å². The Labute approximate surface area is 105 Å². The van der Waals surface area contributed by atoms with Crippen molar-refractivity contribution in [3.63, 3.8) is 0 Å². The molecule has 1 unspecified atom stereocenters. The number of halogens is 2. The van der Waals surface area contributed by atoms with Crippen LogP contribution < -0.4 is 0 Å². The Morgan fingerprint density at radius 1 is 1.73 bits per heavy atom. The molecule has 1 rings (SSSR count). The fraction of sp³-hybridized carbons (Fsp3) is 0.444. The highest BCUT2D eigenvalue weighted by Crippen LogP contribution is 2.40. The Morgan fingerprint density at radius 3 is 2.73 bits per heavy atom. The van der Waals surface area contributed by atoms with Crippen molar-refractivity contribution in [2.45, 2.75) is 20.0 Å². The quantitative estimate of drug-likeness (QED) is 0.872. The molecule has 1 aromatic rings. The Bertz CT molecular complexity index is 378. The molecule has 1 heterocycles. The predicted molar refractivity (Wildman–Crippen MR) is 63.4 cm³/mol. The topological polar surface area (TPSA) is 46.5 Å². The second-order valence-electron chi connectivity index (χ2n) is 2.81. The zero-order valence-corrected chi connectivity index (χ0v) is 11.4. The molecule has 0 aliphatic rings. The number of rotatable bonds is 3. The maximum atomic E-state index is 11.3. The molecule has 0 spiro atoms. The molecule has 15 heavy (non-hydrogen) atoms. The summed E-state index contributed by atoms with van der Waals surface area (Å²) < 4.78 is 5.81. The van der Waals surface area contributed by atoms with E-state index in [2.05, 4.69) is 15.9 Å². The van der Waals surface area contributed by atoms with E-state index < -0.39 is 12.1 Å². The highest BCUT2D eigenvalue weighted by molar-refractivity contribution is 9.10. The highest BCUT2D eigenvalue weighted by atomic mass is 79.9. The van der Waals surface area contributed by atoms with Gasteiger partial charge in [-0.2, -0.15) is 0 Å². The number of aliphatic hydroxyl groups excluding tert-OH is 1. The molecule has 0 aliphatic carbocycles. The van der Waals surface area contributed by atoms with Crippen LogP contribution in [0.5, 0.6) is 0 Å². The third-order valence-electron chi connectivity index (χ3n) is 1.81. The monoisotopic (exact) mass is 312 g/mol. The van der Waals surface area contributed by atoms with Crippen molar-refractivity contribution in [3.8, 4) is 0 Å². The number of carbonyl (C=O) groups excluding carboxylic acids is 1. The van der Waals surface area contributed by atoms with Gasteiger partial charge in [-0.05, 0) is 29.8 Å². The van der Waals surface area contributed by atoms with Crippen LogP contribution in [0.1, 0.15) is 23.5 Å². The van der Waals surface area contributed by atoms with Crippen LogP contribution in [0.4, 0.5) is 0 Å². The molecule has 1 N–H and O–H groups in total. The first kappa shape index (κ1) is 13.0. The lowest BCUT2D eigenvalue weighted by Crippen LogP contribution is -2.15. The summed E-state index contributed by atoms with van der Waals surface area (Å²) in [6.07, 6.45) is -1.27. The van der Waals surface area contributed by atoms with Gasteiger partial charge < -0.3 is 9.84 Å². The first-order valence-electron chi connectivity index (χ1n) is 4.28. The number of carbonyl (C=O) groups is 1. The average molecular weight is 314 g/mol. The van der Waals surface area contributed by atoms with Crippen LogP contribution in [0.15, 0.2) is 4.47 Å². The van der Waals surface area contributed by atoms with E-state index in [1.165, 1.54) is 11.3 Å². The fourth-order valence-electron chi connectivity index (χ4n) is 1.15. The van der Waals surface area contributed by atoms with E-state index >= 15 is 0 Å². The van der Waals surface area contributed by atoms with Crippen molar-refractivity contribution >= 4 is 44.8 Å². The first-order valence-corrected chi connectivity index (χ1v) is 6.26. The van der Waals surface area contributed by atoms with Gasteiger partial charge in [-0.1, -0.05) is 11.6 Å². The number of ether oxygens (including phenoxy) is 1. The van der Waals surface area contributed by atoms with E-state index in [0.717, 1.165) is 4.88 Å². The van der Waals surface area contributed by atoms with E-state index in [4.69, 9.17) is 16.3 Å². The maximum Gasteiger partial charge on any atom is 0.339 e. The predicted octanol–water partition coefficient (Wildman–Crippen LogP) is 3.07. The molecule has 0 aliphatic heterocycles. The molecular weight excluding hydrogens is 304 g/mol. The summed E-state index contributed by atoms with van der Waals surface area (Å²) in [5, 5.41) is 9.74. The minimum atomic E-state index is -1.27. The van der Waals surface area contributed by atoms with Gasteiger partial charge in [0.1, 0.15) is 4.34 Å². The molecule has 3 nitrogen and oxygen atoms in total. The van der Waals surface area contributed by atoms with Crippen molar-refractivity contribution < 1.29 is 14.6 Å². The zero-order chi connectivity index (χ0) is 11.6. The van der Waals surface area contributed by atoms with Crippen molar-refractivity contribution in [1.82, 2.24) is 0 Å². The summed E-state index contributed by atoms with van der Waals surface area (Å²) in [5.74, 6) is -0.657. The van der Waals surface area contributed by atoms with E-state index in [-0.39, 0.29) is 6.61 Å². The minimum absolute atomic E-state index is 0.241. The summed E-state index contributed by atoms with van der Waals surface area (Å²) >= 11 is 10.4. The van der Waals surface area contributed by atoms with Gasteiger partial charge in [0.2, 0.25) is 0 Å². The van der Waals surface area contributed by atoms with Crippen LogP contribution in [-0.2, 0) is 9.53 Å². The third-order valence-corrected chi connectivity index (χ3v) is 4.46. The Kier molecular flexibility index (Phi) is 4.58. The molecule has 0 radical (unpaired) electrons. The van der Waals surface area contributed by atoms with E-state index in [1.54, 1.807) is 13.8 Å². The summed E-state index contributed by atoms with van der Waals surface area (Å²) in [6, 6.07) is 0. The molecule has 6 heteroatoms. The normalized spacial score (nSPS) is 12.6. The van der Waals surface area contributed by atoms with Crippen LogP contribution in [0.3, 0.4) is 0 Å². The molecule has 0 fully saturated rings. The van der Waals surface area contributed by atoms with Gasteiger partial charge in [-0.3, -0.25) is 0 Å². The molecule has 0 saturated carbocycles.